The van der Waals surface area contributed by atoms with E-state index in [1.165, 1.54) is 32.2 Å². The third kappa shape index (κ3) is 6.01. The highest BCUT2D eigenvalue weighted by Crippen LogP contribution is 2.52. The number of ketones is 3. The smallest absolute Gasteiger partial charge is 0.407 e. The number of carbonyl (C=O) groups is 4. The number of fused-ring (bicyclic) bond motifs is 3. The molecule has 0 spiro atoms. The van der Waals surface area contributed by atoms with Crippen LogP contribution in [0.5, 0.6) is 17.2 Å². The van der Waals surface area contributed by atoms with E-state index in [1.54, 1.807) is 0 Å². The van der Waals surface area contributed by atoms with Crippen LogP contribution < -0.4 is 10.1 Å². The summed E-state index contributed by atoms with van der Waals surface area (Å²) in [5.74, 6) is -4.09. The molecule has 1 amide bonds. The average molecular weight is 655 g/mol. The highest BCUT2D eigenvalue weighted by atomic mass is 16.7. The molecule has 0 aromatic heterocycles. The maximum Gasteiger partial charge on any atom is 0.407 e. The lowest BCUT2D eigenvalue weighted by atomic mass is 9.72. The number of alkyl carbamates (subject to hydrolysis) is 1. The summed E-state index contributed by atoms with van der Waals surface area (Å²) in [6.45, 7) is 0.393. The molecule has 1 saturated heterocycles. The van der Waals surface area contributed by atoms with E-state index in [-0.39, 0.29) is 47.5 Å². The topological polar surface area (TPSA) is 242 Å². The van der Waals surface area contributed by atoms with E-state index in [0.717, 1.165) is 0 Å². The van der Waals surface area contributed by atoms with Crippen LogP contribution in [0.4, 0.5) is 4.79 Å². The first-order chi connectivity index (χ1) is 22.4. The SMILES string of the molecule is COc1cccc2c1C(=O)c1c(O)c3c(c(O)c1C2=O)C[C@@](O)(C(=O)CO)C[C@@H]3O[C@H]1C[C@H](NC(=O)OCCCC#N)[C@H](O)[C@H](C)O1. The summed E-state index contributed by atoms with van der Waals surface area (Å²) in [4.78, 5) is 52.6. The van der Waals surface area contributed by atoms with Crippen LogP contribution in [0.2, 0.25) is 0 Å². The van der Waals surface area contributed by atoms with Gasteiger partial charge in [0.05, 0.1) is 54.7 Å². The molecule has 6 atom stereocenters. The van der Waals surface area contributed by atoms with Crippen LogP contribution in [0.15, 0.2) is 18.2 Å². The second-order valence-corrected chi connectivity index (χ2v) is 11.6. The van der Waals surface area contributed by atoms with Crippen LogP contribution in [-0.4, -0.2) is 99.4 Å². The molecule has 15 nitrogen and oxygen atoms in total. The monoisotopic (exact) mass is 654 g/mol. The molecule has 0 radical (unpaired) electrons. The zero-order valence-corrected chi connectivity index (χ0v) is 25.5. The number of aliphatic hydroxyl groups is 3. The highest BCUT2D eigenvalue weighted by molar-refractivity contribution is 6.31. The summed E-state index contributed by atoms with van der Waals surface area (Å²) < 4.78 is 22.3. The predicted molar refractivity (Wildman–Crippen MR) is 157 cm³/mol. The summed E-state index contributed by atoms with van der Waals surface area (Å²) in [6.07, 6.45) is -6.61. The minimum Gasteiger partial charge on any atom is -0.507 e. The Labute approximate surface area is 268 Å². The molecular formula is C32H34N2O13. The zero-order valence-electron chi connectivity index (χ0n) is 25.5. The van der Waals surface area contributed by atoms with E-state index in [4.69, 9.17) is 24.2 Å². The van der Waals surface area contributed by atoms with Crippen molar-refractivity contribution in [3.8, 4) is 23.3 Å². The van der Waals surface area contributed by atoms with Gasteiger partial charge in [-0.15, -0.1) is 0 Å². The molecule has 3 aliphatic rings. The molecular weight excluding hydrogens is 620 g/mol. The number of hydrogen-bond acceptors (Lipinski definition) is 14. The highest BCUT2D eigenvalue weighted by Gasteiger charge is 2.50. The molecule has 1 aliphatic heterocycles. The Morgan fingerprint density at radius 2 is 1.87 bits per heavy atom. The lowest BCUT2D eigenvalue weighted by Gasteiger charge is -2.42. The molecule has 0 saturated carbocycles. The Morgan fingerprint density at radius 3 is 2.55 bits per heavy atom. The van der Waals surface area contributed by atoms with Crippen molar-refractivity contribution in [3.63, 3.8) is 0 Å². The van der Waals surface area contributed by atoms with Crippen LogP contribution in [0, 0.1) is 11.3 Å². The van der Waals surface area contributed by atoms with E-state index in [1.807, 2.05) is 6.07 Å². The van der Waals surface area contributed by atoms with Gasteiger partial charge in [-0.25, -0.2) is 4.79 Å². The van der Waals surface area contributed by atoms with Gasteiger partial charge in [-0.1, -0.05) is 12.1 Å². The average Bonchev–Trinajstić information content (AvgIpc) is 3.04. The largest absolute Gasteiger partial charge is 0.507 e. The fourth-order valence-electron chi connectivity index (χ4n) is 6.37. The Bertz CT molecular complexity index is 1670. The van der Waals surface area contributed by atoms with Gasteiger partial charge in [0.2, 0.25) is 5.78 Å². The molecule has 47 heavy (non-hydrogen) atoms. The molecule has 5 rings (SSSR count). The third-order valence-corrected chi connectivity index (χ3v) is 8.73. The Balaban J connectivity index is 1.53. The number of methoxy groups -OCH3 is 1. The molecule has 0 bridgehead atoms. The summed E-state index contributed by atoms with van der Waals surface area (Å²) >= 11 is 0. The molecule has 250 valence electrons. The number of aliphatic hydroxyl groups excluding tert-OH is 2. The number of carbonyl (C=O) groups excluding carboxylic acids is 4. The normalized spacial score (nSPS) is 26.3. The predicted octanol–water partition coefficient (Wildman–Crippen LogP) is 1.07. The number of rotatable bonds is 9. The Hall–Kier alpha value is -4.59. The van der Waals surface area contributed by atoms with Crippen LogP contribution in [0.1, 0.15) is 81.7 Å². The number of aromatic hydroxyl groups is 2. The number of amides is 1. The van der Waals surface area contributed by atoms with E-state index in [0.29, 0.717) is 6.42 Å². The number of nitriles is 1. The zero-order chi connectivity index (χ0) is 34.2. The molecule has 1 fully saturated rings. The van der Waals surface area contributed by atoms with E-state index in [2.05, 4.69) is 5.32 Å². The van der Waals surface area contributed by atoms with Crippen molar-refractivity contribution in [1.29, 1.82) is 5.26 Å². The van der Waals surface area contributed by atoms with Crippen LogP contribution in [0.3, 0.4) is 0 Å². The van der Waals surface area contributed by atoms with Crippen molar-refractivity contribution in [2.45, 2.75) is 75.3 Å². The molecule has 6 N–H and O–H groups in total. The standard InChI is InChI=1S/C32H34N2O13/c1-14-26(37)17(34-31(42)45-9-4-3-8-33)10-21(46-14)47-19-12-32(43,20(36)13-35)11-16-23(19)30(41)25-24(28(16)39)27(38)15-6-5-7-18(44-2)22(15)29(25)40/h5-7,14,17,19,21,26,35,37,39,41,43H,3-4,9-13H2,1-2H3,(H,34,42)/t14-,17-,19-,21-,26+,32-/m0/s1. The number of phenols is 2. The quantitative estimate of drug-likeness (QED) is 0.140. The fourth-order valence-corrected chi connectivity index (χ4v) is 6.37. The number of nitrogens with one attached hydrogen (secondary N) is 1. The van der Waals surface area contributed by atoms with E-state index >= 15 is 0 Å². The van der Waals surface area contributed by atoms with Crippen molar-refractivity contribution < 1.29 is 63.7 Å². The molecule has 2 aromatic carbocycles. The van der Waals surface area contributed by atoms with Gasteiger partial charge in [0, 0.05) is 42.4 Å². The fraction of sp³-hybridized carbons (Fsp3) is 0.469. The Morgan fingerprint density at radius 1 is 1.15 bits per heavy atom. The lowest BCUT2D eigenvalue weighted by Crippen LogP contribution is -2.56. The van der Waals surface area contributed by atoms with Crippen molar-refractivity contribution in [3.05, 3.63) is 51.6 Å². The number of Topliss-reactive ketones (excluding diaryl/α,β-unsaturated/α-hetero) is 1. The maximum absolute atomic E-state index is 13.8. The number of nitrogens with zero attached hydrogens (tertiary/aromatic N) is 1. The van der Waals surface area contributed by atoms with Gasteiger partial charge in [0.25, 0.3) is 0 Å². The molecule has 15 heteroatoms. The number of benzene rings is 2. The second kappa shape index (κ2) is 13.3. The first-order valence-electron chi connectivity index (χ1n) is 14.9. The number of ether oxygens (including phenoxy) is 4. The lowest BCUT2D eigenvalue weighted by molar-refractivity contribution is -0.249. The summed E-state index contributed by atoms with van der Waals surface area (Å²) in [5.41, 5.74) is -4.06. The maximum atomic E-state index is 13.8. The van der Waals surface area contributed by atoms with Crippen molar-refractivity contribution >= 4 is 23.4 Å². The van der Waals surface area contributed by atoms with Crippen molar-refractivity contribution in [2.75, 3.05) is 20.3 Å². The summed E-state index contributed by atoms with van der Waals surface area (Å²) in [5, 5.41) is 66.0. The van der Waals surface area contributed by atoms with Gasteiger partial charge in [0.15, 0.2) is 17.9 Å². The van der Waals surface area contributed by atoms with E-state index in [9.17, 15) is 44.7 Å². The van der Waals surface area contributed by atoms with Crippen molar-refractivity contribution in [1.82, 2.24) is 5.32 Å². The second-order valence-electron chi connectivity index (χ2n) is 11.6. The molecule has 2 aromatic rings. The van der Waals surface area contributed by atoms with Gasteiger partial charge in [-0.05, 0) is 19.4 Å². The number of hydrogen-bond donors (Lipinski definition) is 6. The first kappa shape index (κ1) is 33.8. The summed E-state index contributed by atoms with van der Waals surface area (Å²) in [7, 11) is 1.30. The van der Waals surface area contributed by atoms with Crippen LogP contribution in [-0.2, 0) is 25.4 Å². The minimum atomic E-state index is -2.34. The molecule has 2 aliphatic carbocycles. The summed E-state index contributed by atoms with van der Waals surface area (Å²) in [6, 6.07) is 5.25. The minimum absolute atomic E-state index is 0.0326. The van der Waals surface area contributed by atoms with Gasteiger partial charge in [0.1, 0.15) is 35.6 Å². The third-order valence-electron chi connectivity index (χ3n) is 8.73. The van der Waals surface area contributed by atoms with Gasteiger partial charge < -0.3 is 49.8 Å². The van der Waals surface area contributed by atoms with Crippen LogP contribution in [0.25, 0.3) is 0 Å². The molecule has 1 heterocycles. The first-order valence-corrected chi connectivity index (χ1v) is 14.9. The van der Waals surface area contributed by atoms with E-state index < -0.39 is 102 Å². The number of phenolic OH excluding ortho intramolecular Hbond substituents is 2. The number of unbranched alkanes of at least 4 members (excludes halogenated alkanes) is 1. The Kier molecular flexibility index (Phi) is 9.53. The van der Waals surface area contributed by atoms with Crippen molar-refractivity contribution in [2.24, 2.45) is 0 Å². The van der Waals surface area contributed by atoms with Crippen LogP contribution >= 0.6 is 0 Å². The van der Waals surface area contributed by atoms with Gasteiger partial charge in [-0.2, -0.15) is 5.26 Å². The van der Waals surface area contributed by atoms with Gasteiger partial charge in [-0.3, -0.25) is 14.4 Å². The molecule has 0 unspecified atom stereocenters. The van der Waals surface area contributed by atoms with Gasteiger partial charge >= 0.3 is 6.09 Å².